The smallest absolute Gasteiger partial charge is 0.240 e. The van der Waals surface area contributed by atoms with Gasteiger partial charge in [-0.3, -0.25) is 4.98 Å². The number of aromatic nitrogens is 3. The van der Waals surface area contributed by atoms with Crippen LogP contribution in [0, 0.1) is 0 Å². The molecular weight excluding hydrogens is 392 g/mol. The molecule has 150 valence electrons. The lowest BCUT2D eigenvalue weighted by atomic mass is 10.2. The predicted molar refractivity (Wildman–Crippen MR) is 109 cm³/mol. The summed E-state index contributed by atoms with van der Waals surface area (Å²) < 4.78 is 32.9. The van der Waals surface area contributed by atoms with E-state index in [4.69, 9.17) is 4.74 Å². The summed E-state index contributed by atoms with van der Waals surface area (Å²) in [6.45, 7) is 1.18. The summed E-state index contributed by atoms with van der Waals surface area (Å²) in [5.74, 6) is 1.91. The summed E-state index contributed by atoms with van der Waals surface area (Å²) in [5.41, 5.74) is 1.78. The van der Waals surface area contributed by atoms with Gasteiger partial charge in [-0.1, -0.05) is 0 Å². The van der Waals surface area contributed by atoms with Crippen molar-refractivity contribution in [3.8, 4) is 5.75 Å². The zero-order valence-corrected chi connectivity index (χ0v) is 16.3. The Hall–Kier alpha value is -3.24. The maximum absolute atomic E-state index is 12.4. The number of rotatable bonds is 8. The Morgan fingerprint density at radius 3 is 2.55 bits per heavy atom. The Bertz CT molecular complexity index is 1070. The van der Waals surface area contributed by atoms with Gasteiger partial charge in [0.1, 0.15) is 11.6 Å². The third kappa shape index (κ3) is 4.79. The van der Waals surface area contributed by atoms with E-state index in [1.807, 2.05) is 12.1 Å². The van der Waals surface area contributed by atoms with E-state index in [1.54, 1.807) is 42.7 Å². The van der Waals surface area contributed by atoms with Crippen molar-refractivity contribution in [2.45, 2.75) is 11.3 Å². The first kappa shape index (κ1) is 19.1. The standard InChI is InChI=1S/C19H20N6O3S/c26-29(27,16-1-2-17-14(13-16)7-12-28-17)22-11-10-21-18-3-4-19(25-24-18)23-15-5-8-20-9-6-15/h1-6,8-9,13,22H,7,10-12H2,(H,21,24)(H,20,23,25). The fourth-order valence-electron chi connectivity index (χ4n) is 2.87. The molecule has 0 amide bonds. The van der Waals surface area contributed by atoms with Crippen molar-refractivity contribution in [3.63, 3.8) is 0 Å². The van der Waals surface area contributed by atoms with Crippen LogP contribution in [-0.4, -0.2) is 43.3 Å². The third-order valence-electron chi connectivity index (χ3n) is 4.31. The molecule has 0 saturated carbocycles. The number of ether oxygens (including phenoxy) is 1. The van der Waals surface area contributed by atoms with Crippen LogP contribution in [0.4, 0.5) is 17.3 Å². The van der Waals surface area contributed by atoms with Gasteiger partial charge in [0.05, 0.1) is 11.5 Å². The van der Waals surface area contributed by atoms with Crippen LogP contribution in [0.15, 0.2) is 59.8 Å². The van der Waals surface area contributed by atoms with Gasteiger partial charge in [0.15, 0.2) is 5.82 Å². The minimum absolute atomic E-state index is 0.217. The molecule has 1 aromatic carbocycles. The lowest BCUT2D eigenvalue weighted by Crippen LogP contribution is -2.29. The number of anilines is 3. The summed E-state index contributed by atoms with van der Waals surface area (Å²) in [7, 11) is -3.57. The lowest BCUT2D eigenvalue weighted by Gasteiger charge is -2.09. The van der Waals surface area contributed by atoms with Crippen molar-refractivity contribution in [1.29, 1.82) is 0 Å². The van der Waals surface area contributed by atoms with Crippen molar-refractivity contribution in [2.75, 3.05) is 30.3 Å². The second-order valence-electron chi connectivity index (χ2n) is 6.36. The highest BCUT2D eigenvalue weighted by Crippen LogP contribution is 2.27. The molecule has 1 aliphatic rings. The molecular formula is C19H20N6O3S. The van der Waals surface area contributed by atoms with Crippen LogP contribution >= 0.6 is 0 Å². The third-order valence-corrected chi connectivity index (χ3v) is 5.77. The first-order valence-electron chi connectivity index (χ1n) is 9.10. The molecule has 0 spiro atoms. The van der Waals surface area contributed by atoms with E-state index in [0.29, 0.717) is 24.8 Å². The molecule has 0 bridgehead atoms. The van der Waals surface area contributed by atoms with E-state index < -0.39 is 10.0 Å². The SMILES string of the molecule is O=S(=O)(NCCNc1ccc(Nc2ccncc2)nn1)c1ccc2c(c1)CCO2. The zero-order chi connectivity index (χ0) is 20.1. The molecule has 0 unspecified atom stereocenters. The van der Waals surface area contributed by atoms with Crippen LogP contribution in [0.2, 0.25) is 0 Å². The van der Waals surface area contributed by atoms with Gasteiger partial charge in [-0.15, -0.1) is 10.2 Å². The molecule has 0 atom stereocenters. The molecule has 9 nitrogen and oxygen atoms in total. The average Bonchev–Trinajstić information content (AvgIpc) is 3.21. The van der Waals surface area contributed by atoms with Crippen LogP contribution < -0.4 is 20.1 Å². The van der Waals surface area contributed by atoms with Gasteiger partial charge in [-0.2, -0.15) is 0 Å². The zero-order valence-electron chi connectivity index (χ0n) is 15.5. The Balaban J connectivity index is 1.27. The highest BCUT2D eigenvalue weighted by molar-refractivity contribution is 7.89. The van der Waals surface area contributed by atoms with Gasteiger partial charge in [-0.25, -0.2) is 13.1 Å². The molecule has 29 heavy (non-hydrogen) atoms. The Morgan fingerprint density at radius 2 is 1.76 bits per heavy atom. The quantitative estimate of drug-likeness (QED) is 0.481. The fourth-order valence-corrected chi connectivity index (χ4v) is 3.95. The molecule has 0 saturated heterocycles. The number of sulfonamides is 1. The van der Waals surface area contributed by atoms with Crippen LogP contribution in [0.1, 0.15) is 5.56 Å². The van der Waals surface area contributed by atoms with Gasteiger partial charge in [0, 0.05) is 37.6 Å². The van der Waals surface area contributed by atoms with Gasteiger partial charge in [-0.05, 0) is 48.0 Å². The summed E-state index contributed by atoms with van der Waals surface area (Å²) in [6, 6.07) is 12.1. The van der Waals surface area contributed by atoms with Crippen molar-refractivity contribution in [3.05, 3.63) is 60.4 Å². The second kappa shape index (κ2) is 8.41. The largest absolute Gasteiger partial charge is 0.493 e. The summed E-state index contributed by atoms with van der Waals surface area (Å²) in [6.07, 6.45) is 4.09. The highest BCUT2D eigenvalue weighted by Gasteiger charge is 2.18. The predicted octanol–water partition coefficient (Wildman–Crippen LogP) is 1.94. The average molecular weight is 412 g/mol. The van der Waals surface area contributed by atoms with Gasteiger partial charge >= 0.3 is 0 Å². The summed E-state index contributed by atoms with van der Waals surface area (Å²) >= 11 is 0. The maximum Gasteiger partial charge on any atom is 0.240 e. The number of nitrogens with one attached hydrogen (secondary N) is 3. The van der Waals surface area contributed by atoms with E-state index in [2.05, 4.69) is 30.5 Å². The number of fused-ring (bicyclic) bond motifs is 1. The van der Waals surface area contributed by atoms with E-state index >= 15 is 0 Å². The first-order chi connectivity index (χ1) is 14.1. The minimum Gasteiger partial charge on any atom is -0.493 e. The Kier molecular flexibility index (Phi) is 5.54. The van der Waals surface area contributed by atoms with Crippen molar-refractivity contribution in [1.82, 2.24) is 19.9 Å². The van der Waals surface area contributed by atoms with Gasteiger partial charge in [0.2, 0.25) is 10.0 Å². The Labute approximate surface area is 168 Å². The fraction of sp³-hybridized carbons (Fsp3) is 0.211. The van der Waals surface area contributed by atoms with Crippen LogP contribution in [0.5, 0.6) is 5.75 Å². The minimum atomic E-state index is -3.57. The summed E-state index contributed by atoms with van der Waals surface area (Å²) in [4.78, 5) is 4.20. The molecule has 3 aromatic rings. The van der Waals surface area contributed by atoms with E-state index in [-0.39, 0.29) is 11.4 Å². The van der Waals surface area contributed by atoms with Crippen LogP contribution in [-0.2, 0) is 16.4 Å². The topological polar surface area (TPSA) is 118 Å². The molecule has 1 aliphatic heterocycles. The van der Waals surface area contributed by atoms with E-state index in [1.165, 1.54) is 0 Å². The monoisotopic (exact) mass is 412 g/mol. The van der Waals surface area contributed by atoms with Crippen molar-refractivity contribution in [2.24, 2.45) is 0 Å². The molecule has 3 N–H and O–H groups in total. The van der Waals surface area contributed by atoms with E-state index in [0.717, 1.165) is 23.4 Å². The molecule has 0 aliphatic carbocycles. The molecule has 10 heteroatoms. The molecule has 0 fully saturated rings. The normalized spacial score (nSPS) is 12.8. The number of pyridine rings is 1. The summed E-state index contributed by atoms with van der Waals surface area (Å²) in [5, 5.41) is 14.3. The molecule has 0 radical (unpaired) electrons. The van der Waals surface area contributed by atoms with Crippen LogP contribution in [0.25, 0.3) is 0 Å². The Morgan fingerprint density at radius 1 is 0.966 bits per heavy atom. The van der Waals surface area contributed by atoms with Crippen LogP contribution in [0.3, 0.4) is 0 Å². The maximum atomic E-state index is 12.4. The van der Waals surface area contributed by atoms with Gasteiger partial charge in [0.25, 0.3) is 0 Å². The van der Waals surface area contributed by atoms with E-state index in [9.17, 15) is 8.42 Å². The second-order valence-corrected chi connectivity index (χ2v) is 8.12. The number of hydrogen-bond acceptors (Lipinski definition) is 8. The molecule has 2 aromatic heterocycles. The van der Waals surface area contributed by atoms with Crippen molar-refractivity contribution < 1.29 is 13.2 Å². The lowest BCUT2D eigenvalue weighted by molar-refractivity contribution is 0.356. The number of benzene rings is 1. The van der Waals surface area contributed by atoms with Crippen molar-refractivity contribution >= 4 is 27.3 Å². The number of nitrogens with zero attached hydrogens (tertiary/aromatic N) is 3. The molecule has 3 heterocycles. The highest BCUT2D eigenvalue weighted by atomic mass is 32.2. The molecule has 4 rings (SSSR count). The number of hydrogen-bond donors (Lipinski definition) is 3. The van der Waals surface area contributed by atoms with Gasteiger partial charge < -0.3 is 15.4 Å². The first-order valence-corrected chi connectivity index (χ1v) is 10.6.